The van der Waals surface area contributed by atoms with Crippen molar-refractivity contribution in [2.75, 3.05) is 11.9 Å². The van der Waals surface area contributed by atoms with E-state index in [0.29, 0.717) is 6.54 Å². The molecule has 0 amide bonds. The van der Waals surface area contributed by atoms with Crippen LogP contribution < -0.4 is 5.32 Å². The fraction of sp³-hybridized carbons (Fsp3) is 0.267. The van der Waals surface area contributed by atoms with Gasteiger partial charge in [0, 0.05) is 30.7 Å². The molecule has 0 saturated heterocycles. The number of anilines is 1. The molecule has 6 nitrogen and oxygen atoms in total. The number of rotatable bonds is 4. The first-order valence-electron chi connectivity index (χ1n) is 6.75. The van der Waals surface area contributed by atoms with E-state index < -0.39 is 6.10 Å². The van der Waals surface area contributed by atoms with Crippen molar-refractivity contribution in [3.8, 4) is 0 Å². The predicted octanol–water partition coefficient (Wildman–Crippen LogP) is 1.82. The fourth-order valence-corrected chi connectivity index (χ4v) is 2.23. The first-order chi connectivity index (χ1) is 10.1. The minimum absolute atomic E-state index is 0.367. The Labute approximate surface area is 122 Å². The van der Waals surface area contributed by atoms with Crippen LogP contribution >= 0.6 is 0 Å². The maximum Gasteiger partial charge on any atom is 0.137 e. The van der Waals surface area contributed by atoms with Crippen LogP contribution in [0.25, 0.3) is 10.9 Å². The lowest BCUT2D eigenvalue weighted by Crippen LogP contribution is -2.13. The molecule has 0 aliphatic heterocycles. The highest BCUT2D eigenvalue weighted by molar-refractivity contribution is 5.89. The van der Waals surface area contributed by atoms with E-state index in [1.165, 1.54) is 6.33 Å². The van der Waals surface area contributed by atoms with Crippen LogP contribution in [0.2, 0.25) is 0 Å². The third-order valence-corrected chi connectivity index (χ3v) is 3.36. The quantitative estimate of drug-likeness (QED) is 0.764. The van der Waals surface area contributed by atoms with Gasteiger partial charge in [-0.15, -0.1) is 0 Å². The predicted molar refractivity (Wildman–Crippen MR) is 80.9 cm³/mol. The number of aliphatic hydroxyl groups is 1. The van der Waals surface area contributed by atoms with Crippen LogP contribution in [-0.2, 0) is 7.05 Å². The number of aliphatic hydroxyl groups excluding tert-OH is 1. The van der Waals surface area contributed by atoms with Gasteiger partial charge in [-0.3, -0.25) is 4.68 Å². The lowest BCUT2D eigenvalue weighted by molar-refractivity contribution is 0.191. The van der Waals surface area contributed by atoms with Gasteiger partial charge < -0.3 is 10.4 Å². The number of aryl methyl sites for hydroxylation is 2. The SMILES string of the molecule is Cc1ccc2ncnc(NCC(O)c3cnn(C)c3)c2c1. The number of hydrogen-bond acceptors (Lipinski definition) is 5. The fourth-order valence-electron chi connectivity index (χ4n) is 2.23. The van der Waals surface area contributed by atoms with Crippen molar-refractivity contribution in [1.29, 1.82) is 0 Å². The van der Waals surface area contributed by atoms with E-state index >= 15 is 0 Å². The number of fused-ring (bicyclic) bond motifs is 1. The van der Waals surface area contributed by atoms with Crippen molar-refractivity contribution in [3.63, 3.8) is 0 Å². The summed E-state index contributed by atoms with van der Waals surface area (Å²) in [5.74, 6) is 0.728. The van der Waals surface area contributed by atoms with Gasteiger partial charge in [0.25, 0.3) is 0 Å². The maximum atomic E-state index is 10.2. The van der Waals surface area contributed by atoms with E-state index in [-0.39, 0.29) is 0 Å². The van der Waals surface area contributed by atoms with Crippen molar-refractivity contribution < 1.29 is 5.11 Å². The summed E-state index contributed by atoms with van der Waals surface area (Å²) >= 11 is 0. The molecule has 0 bridgehead atoms. The Morgan fingerprint density at radius 3 is 2.95 bits per heavy atom. The van der Waals surface area contributed by atoms with Crippen LogP contribution in [0.15, 0.2) is 36.9 Å². The van der Waals surface area contributed by atoms with Crippen molar-refractivity contribution in [1.82, 2.24) is 19.7 Å². The van der Waals surface area contributed by atoms with Gasteiger partial charge in [0.15, 0.2) is 0 Å². The van der Waals surface area contributed by atoms with Crippen LogP contribution in [0, 0.1) is 6.92 Å². The molecule has 0 spiro atoms. The molecule has 1 unspecified atom stereocenters. The minimum Gasteiger partial charge on any atom is -0.386 e. The highest BCUT2D eigenvalue weighted by Crippen LogP contribution is 2.21. The zero-order valence-corrected chi connectivity index (χ0v) is 12.0. The lowest BCUT2D eigenvalue weighted by atomic mass is 10.1. The zero-order chi connectivity index (χ0) is 14.8. The van der Waals surface area contributed by atoms with Gasteiger partial charge in [-0.2, -0.15) is 5.10 Å². The minimum atomic E-state index is -0.631. The molecule has 6 heteroatoms. The lowest BCUT2D eigenvalue weighted by Gasteiger charge is -2.12. The Balaban J connectivity index is 1.80. The Morgan fingerprint density at radius 1 is 1.33 bits per heavy atom. The molecule has 1 aromatic carbocycles. The third kappa shape index (κ3) is 2.85. The summed E-state index contributed by atoms with van der Waals surface area (Å²) in [6.45, 7) is 2.40. The zero-order valence-electron chi connectivity index (χ0n) is 12.0. The molecule has 3 rings (SSSR count). The molecule has 0 radical (unpaired) electrons. The summed E-state index contributed by atoms with van der Waals surface area (Å²) in [6, 6.07) is 6.02. The van der Waals surface area contributed by atoms with Crippen molar-refractivity contribution in [2.24, 2.45) is 7.05 Å². The van der Waals surface area contributed by atoms with Crippen LogP contribution in [0.5, 0.6) is 0 Å². The normalized spacial score (nSPS) is 12.5. The molecule has 0 fully saturated rings. The second kappa shape index (κ2) is 5.49. The van der Waals surface area contributed by atoms with E-state index in [2.05, 4.69) is 20.4 Å². The van der Waals surface area contributed by atoms with Gasteiger partial charge in [0.05, 0.1) is 17.8 Å². The van der Waals surface area contributed by atoms with Crippen LogP contribution in [0.4, 0.5) is 5.82 Å². The molecule has 0 saturated carbocycles. The molecule has 2 heterocycles. The van der Waals surface area contributed by atoms with Gasteiger partial charge in [-0.1, -0.05) is 11.6 Å². The Morgan fingerprint density at radius 2 is 2.19 bits per heavy atom. The average Bonchev–Trinajstić information content (AvgIpc) is 2.91. The smallest absolute Gasteiger partial charge is 0.137 e. The molecular formula is C15H17N5O. The van der Waals surface area contributed by atoms with E-state index in [1.807, 2.05) is 32.2 Å². The number of benzene rings is 1. The highest BCUT2D eigenvalue weighted by Gasteiger charge is 2.11. The third-order valence-electron chi connectivity index (χ3n) is 3.36. The summed E-state index contributed by atoms with van der Waals surface area (Å²) in [6.07, 6.45) is 4.35. The number of nitrogens with one attached hydrogen (secondary N) is 1. The molecule has 0 aliphatic carbocycles. The van der Waals surface area contributed by atoms with E-state index in [1.54, 1.807) is 17.1 Å². The second-order valence-corrected chi connectivity index (χ2v) is 5.09. The average molecular weight is 283 g/mol. The highest BCUT2D eigenvalue weighted by atomic mass is 16.3. The van der Waals surface area contributed by atoms with E-state index in [4.69, 9.17) is 0 Å². The Hall–Kier alpha value is -2.47. The molecule has 2 N–H and O–H groups in total. The van der Waals surface area contributed by atoms with Gasteiger partial charge >= 0.3 is 0 Å². The largest absolute Gasteiger partial charge is 0.386 e. The van der Waals surface area contributed by atoms with Gasteiger partial charge in [-0.05, 0) is 19.1 Å². The molecular weight excluding hydrogens is 266 g/mol. The molecule has 21 heavy (non-hydrogen) atoms. The summed E-state index contributed by atoms with van der Waals surface area (Å²) in [5, 5.41) is 18.4. The van der Waals surface area contributed by atoms with Crippen LogP contribution in [0.3, 0.4) is 0 Å². The number of hydrogen-bond donors (Lipinski definition) is 2. The van der Waals surface area contributed by atoms with Gasteiger partial charge in [0.2, 0.25) is 0 Å². The first-order valence-corrected chi connectivity index (χ1v) is 6.75. The Kier molecular flexibility index (Phi) is 3.53. The monoisotopic (exact) mass is 283 g/mol. The summed E-state index contributed by atoms with van der Waals surface area (Å²) < 4.78 is 1.67. The van der Waals surface area contributed by atoms with Crippen molar-refractivity contribution >= 4 is 16.7 Å². The summed E-state index contributed by atoms with van der Waals surface area (Å²) in [5.41, 5.74) is 2.81. The standard InChI is InChI=1S/C15H17N5O/c1-10-3-4-13-12(5-10)15(18-9-17-13)16-7-14(21)11-6-19-20(2)8-11/h3-6,8-9,14,21H,7H2,1-2H3,(H,16,17,18). The van der Waals surface area contributed by atoms with Crippen molar-refractivity contribution in [3.05, 3.63) is 48.0 Å². The molecule has 1 atom stereocenters. The molecule has 0 aliphatic rings. The van der Waals surface area contributed by atoms with Crippen molar-refractivity contribution in [2.45, 2.75) is 13.0 Å². The number of nitrogens with zero attached hydrogens (tertiary/aromatic N) is 4. The van der Waals surface area contributed by atoms with Gasteiger partial charge in [-0.25, -0.2) is 9.97 Å². The maximum absolute atomic E-state index is 10.2. The molecule has 108 valence electrons. The summed E-state index contributed by atoms with van der Waals surface area (Å²) in [7, 11) is 1.82. The topological polar surface area (TPSA) is 75.9 Å². The van der Waals surface area contributed by atoms with Gasteiger partial charge in [0.1, 0.15) is 12.1 Å². The molecule has 3 aromatic rings. The molecule has 2 aromatic heterocycles. The van der Waals surface area contributed by atoms with Crippen LogP contribution in [0.1, 0.15) is 17.2 Å². The summed E-state index contributed by atoms with van der Waals surface area (Å²) in [4.78, 5) is 8.51. The van der Waals surface area contributed by atoms with E-state index in [0.717, 1.165) is 27.8 Å². The first kappa shape index (κ1) is 13.5. The van der Waals surface area contributed by atoms with Crippen LogP contribution in [-0.4, -0.2) is 31.4 Å². The second-order valence-electron chi connectivity index (χ2n) is 5.09. The Bertz CT molecular complexity index is 768. The number of aromatic nitrogens is 4. The van der Waals surface area contributed by atoms with E-state index in [9.17, 15) is 5.11 Å².